The molecule has 1 saturated heterocycles. The first-order valence-corrected chi connectivity index (χ1v) is 9.84. The summed E-state index contributed by atoms with van der Waals surface area (Å²) < 4.78 is 0. The van der Waals surface area contributed by atoms with Gasteiger partial charge in [0.2, 0.25) is 5.91 Å². The smallest absolute Gasteiger partial charge is 0.240 e. The quantitative estimate of drug-likeness (QED) is 0.853. The van der Waals surface area contributed by atoms with Gasteiger partial charge in [0, 0.05) is 17.9 Å². The summed E-state index contributed by atoms with van der Waals surface area (Å²) in [7, 11) is 0. The number of carbonyl (C=O) groups is 1. The topological polar surface area (TPSA) is 32.3 Å². The number of allylic oxidation sites excluding steroid dienone is 2. The summed E-state index contributed by atoms with van der Waals surface area (Å²) in [6, 6.07) is 15.1. The summed E-state index contributed by atoms with van der Waals surface area (Å²) >= 11 is 0. The van der Waals surface area contributed by atoms with Crippen molar-refractivity contribution in [3.63, 3.8) is 0 Å². The van der Waals surface area contributed by atoms with Crippen LogP contribution in [0, 0.1) is 12.3 Å². The van der Waals surface area contributed by atoms with Crippen LogP contribution < -0.4 is 10.2 Å². The summed E-state index contributed by atoms with van der Waals surface area (Å²) in [6.07, 6.45) is 8.72. The maximum Gasteiger partial charge on any atom is 0.240 e. The fourth-order valence-electron chi connectivity index (χ4n) is 6.93. The highest BCUT2D eigenvalue weighted by Gasteiger charge is 2.87. The first-order chi connectivity index (χ1) is 13.1. The normalized spacial score (nSPS) is 36.0. The molecule has 3 nitrogen and oxygen atoms in total. The predicted molar refractivity (Wildman–Crippen MR) is 105 cm³/mol. The van der Waals surface area contributed by atoms with Crippen LogP contribution in [0.25, 0.3) is 0 Å². The molecule has 0 aromatic heterocycles. The molecule has 7 rings (SSSR count). The molecule has 0 bridgehead atoms. The van der Waals surface area contributed by atoms with Crippen molar-refractivity contribution in [3.05, 3.63) is 88.6 Å². The molecule has 27 heavy (non-hydrogen) atoms. The lowest BCUT2D eigenvalue weighted by molar-refractivity contribution is -0.123. The van der Waals surface area contributed by atoms with Crippen LogP contribution in [-0.4, -0.2) is 18.0 Å². The molecule has 2 aromatic carbocycles. The Labute approximate surface area is 158 Å². The van der Waals surface area contributed by atoms with Gasteiger partial charge in [-0.3, -0.25) is 4.79 Å². The van der Waals surface area contributed by atoms with Gasteiger partial charge in [-0.05, 0) is 42.5 Å². The van der Waals surface area contributed by atoms with E-state index in [1.807, 2.05) is 6.07 Å². The molecule has 1 amide bonds. The standard InChI is InChI=1S/C24H20N2O/c1-15-12-16-9-11-26-20(16)18(13-15)24(17-6-3-2-4-7-17)21(27)25-19-8-5-10-22(26)14-23(19,22)24/h2-8,10,12-13H,9,11,14H2,1H3,(H,25,27). The van der Waals surface area contributed by atoms with Gasteiger partial charge in [0.05, 0.1) is 11.0 Å². The molecular formula is C24H20N2O. The van der Waals surface area contributed by atoms with Crippen molar-refractivity contribution in [2.45, 2.75) is 30.7 Å². The Morgan fingerprint density at radius 3 is 2.85 bits per heavy atom. The van der Waals surface area contributed by atoms with Gasteiger partial charge in [0.25, 0.3) is 0 Å². The number of rotatable bonds is 1. The zero-order valence-electron chi connectivity index (χ0n) is 15.3. The second kappa shape index (κ2) is 4.04. The average Bonchev–Trinajstić information content (AvgIpc) is 3.10. The third kappa shape index (κ3) is 1.20. The minimum Gasteiger partial charge on any atom is -0.360 e. The lowest BCUT2D eigenvalue weighted by atomic mass is 9.59. The van der Waals surface area contributed by atoms with Crippen molar-refractivity contribution >= 4 is 11.6 Å². The molecule has 5 aliphatic rings. The van der Waals surface area contributed by atoms with E-state index in [-0.39, 0.29) is 16.9 Å². The summed E-state index contributed by atoms with van der Waals surface area (Å²) in [6.45, 7) is 3.21. The Morgan fingerprint density at radius 1 is 1.15 bits per heavy atom. The van der Waals surface area contributed by atoms with Crippen LogP contribution in [0.5, 0.6) is 0 Å². The van der Waals surface area contributed by atoms with E-state index in [4.69, 9.17) is 0 Å². The molecule has 3 aliphatic heterocycles. The largest absolute Gasteiger partial charge is 0.360 e. The summed E-state index contributed by atoms with van der Waals surface area (Å²) in [5, 5.41) is 3.31. The van der Waals surface area contributed by atoms with E-state index in [2.05, 4.69) is 71.8 Å². The van der Waals surface area contributed by atoms with Gasteiger partial charge in [0.15, 0.2) is 0 Å². The van der Waals surface area contributed by atoms with Crippen molar-refractivity contribution < 1.29 is 4.79 Å². The molecule has 2 aliphatic carbocycles. The van der Waals surface area contributed by atoms with Gasteiger partial charge in [-0.1, -0.05) is 60.2 Å². The molecule has 1 spiro atoms. The fraction of sp³-hybridized carbons (Fsp3) is 0.292. The van der Waals surface area contributed by atoms with E-state index in [0.29, 0.717) is 0 Å². The fourth-order valence-corrected chi connectivity index (χ4v) is 6.93. The van der Waals surface area contributed by atoms with Gasteiger partial charge in [-0.15, -0.1) is 0 Å². The second-order valence-corrected chi connectivity index (χ2v) is 8.74. The van der Waals surface area contributed by atoms with Crippen molar-refractivity contribution in [3.8, 4) is 0 Å². The Balaban J connectivity index is 1.70. The zero-order chi connectivity index (χ0) is 18.0. The second-order valence-electron chi connectivity index (χ2n) is 8.74. The van der Waals surface area contributed by atoms with E-state index in [0.717, 1.165) is 30.6 Å². The first kappa shape index (κ1) is 14.3. The highest BCUT2D eigenvalue weighted by molar-refractivity contribution is 6.05. The number of nitrogens with one attached hydrogen (secondary N) is 1. The Kier molecular flexibility index (Phi) is 2.13. The number of hydrogen-bond acceptors (Lipinski definition) is 2. The van der Waals surface area contributed by atoms with Crippen LogP contribution in [0.2, 0.25) is 0 Å². The summed E-state index contributed by atoms with van der Waals surface area (Å²) in [4.78, 5) is 16.4. The number of nitrogens with zero attached hydrogens (tertiary/aromatic N) is 1. The van der Waals surface area contributed by atoms with Crippen molar-refractivity contribution in [2.24, 2.45) is 5.41 Å². The summed E-state index contributed by atoms with van der Waals surface area (Å²) in [5.41, 5.74) is 6.52. The van der Waals surface area contributed by atoms with Crippen LogP contribution in [0.15, 0.2) is 66.4 Å². The number of benzene rings is 2. The van der Waals surface area contributed by atoms with Crippen LogP contribution in [0.1, 0.15) is 28.7 Å². The van der Waals surface area contributed by atoms with Crippen LogP contribution in [0.3, 0.4) is 0 Å². The van der Waals surface area contributed by atoms with Crippen LogP contribution in [-0.2, 0) is 16.6 Å². The third-order valence-electron chi connectivity index (χ3n) is 7.77. The van der Waals surface area contributed by atoms with Gasteiger partial charge < -0.3 is 10.2 Å². The van der Waals surface area contributed by atoms with E-state index in [9.17, 15) is 4.79 Å². The van der Waals surface area contributed by atoms with Gasteiger partial charge in [0.1, 0.15) is 5.41 Å². The van der Waals surface area contributed by atoms with Gasteiger partial charge in [-0.25, -0.2) is 0 Å². The number of carbonyl (C=O) groups excluding carboxylic acids is 1. The average molecular weight is 352 g/mol. The van der Waals surface area contributed by atoms with E-state index >= 15 is 0 Å². The molecule has 2 fully saturated rings. The van der Waals surface area contributed by atoms with Crippen LogP contribution >= 0.6 is 0 Å². The van der Waals surface area contributed by atoms with Crippen molar-refractivity contribution in [1.82, 2.24) is 5.32 Å². The molecule has 3 heteroatoms. The predicted octanol–water partition coefficient (Wildman–Crippen LogP) is 3.37. The molecule has 1 saturated carbocycles. The Bertz CT molecular complexity index is 1130. The molecule has 2 aromatic rings. The molecular weight excluding hydrogens is 332 g/mol. The zero-order valence-corrected chi connectivity index (χ0v) is 15.3. The highest BCUT2D eigenvalue weighted by atomic mass is 16.2. The minimum absolute atomic E-state index is 0.0698. The monoisotopic (exact) mass is 352 g/mol. The van der Waals surface area contributed by atoms with Gasteiger partial charge in [-0.2, -0.15) is 0 Å². The number of hydrogen-bond donors (Lipinski definition) is 1. The van der Waals surface area contributed by atoms with E-state index in [1.54, 1.807) is 0 Å². The SMILES string of the molecule is Cc1cc2c3c(c1)C1(c4ccccc4)C(=O)NC4=CC=CC5(CC415)N3CC2. The molecule has 3 unspecified atom stereocenters. The van der Waals surface area contributed by atoms with Crippen LogP contribution in [0.4, 0.5) is 5.69 Å². The molecule has 3 atom stereocenters. The lowest BCUT2D eigenvalue weighted by Gasteiger charge is -2.48. The highest BCUT2D eigenvalue weighted by Crippen LogP contribution is 2.81. The maximum atomic E-state index is 13.8. The van der Waals surface area contributed by atoms with Crippen molar-refractivity contribution in [2.75, 3.05) is 11.4 Å². The number of fused-ring (bicyclic) bond motifs is 1. The van der Waals surface area contributed by atoms with Crippen molar-refractivity contribution in [1.29, 1.82) is 0 Å². The lowest BCUT2D eigenvalue weighted by Crippen LogP contribution is -2.54. The Hall–Kier alpha value is -2.81. The third-order valence-corrected chi connectivity index (χ3v) is 7.77. The number of amides is 1. The summed E-state index contributed by atoms with van der Waals surface area (Å²) in [5.74, 6) is 0.143. The van der Waals surface area contributed by atoms with Gasteiger partial charge >= 0.3 is 0 Å². The molecule has 3 heterocycles. The first-order valence-electron chi connectivity index (χ1n) is 9.84. The Morgan fingerprint density at radius 2 is 2.00 bits per heavy atom. The van der Waals surface area contributed by atoms with E-state index < -0.39 is 5.41 Å². The molecule has 0 radical (unpaired) electrons. The molecule has 132 valence electrons. The maximum absolute atomic E-state index is 13.8. The number of anilines is 1. The molecule has 1 N–H and O–H groups in total. The minimum atomic E-state index is -0.637. The number of aryl methyl sites for hydroxylation is 1. The van der Waals surface area contributed by atoms with E-state index in [1.165, 1.54) is 22.4 Å².